The highest BCUT2D eigenvalue weighted by Gasteiger charge is 2.42. The van der Waals surface area contributed by atoms with Crippen LogP contribution in [0.3, 0.4) is 0 Å². The number of carbonyl (C=O) groups excluding carboxylic acids is 1. The smallest absolute Gasteiger partial charge is 0.290 e. The molecule has 0 fully saturated rings. The second-order valence-electron chi connectivity index (χ2n) is 8.98. The van der Waals surface area contributed by atoms with E-state index in [1.54, 1.807) is 11.0 Å². The van der Waals surface area contributed by atoms with Crippen molar-refractivity contribution in [3.8, 4) is 11.5 Å². The lowest BCUT2D eigenvalue weighted by Crippen LogP contribution is -2.30. The van der Waals surface area contributed by atoms with Crippen molar-refractivity contribution in [3.05, 3.63) is 81.2 Å². The van der Waals surface area contributed by atoms with E-state index >= 15 is 0 Å². The van der Waals surface area contributed by atoms with Gasteiger partial charge in [-0.15, -0.1) is 0 Å². The molecule has 2 aromatic carbocycles. The van der Waals surface area contributed by atoms with E-state index in [0.717, 1.165) is 36.0 Å². The number of carbonyl (C=O) groups is 1. The number of fused-ring (bicyclic) bond motifs is 2. The Kier molecular flexibility index (Phi) is 7.29. The molecule has 4 rings (SSSR count). The Labute approximate surface area is 206 Å². The topological polar surface area (TPSA) is 69.0 Å². The van der Waals surface area contributed by atoms with Gasteiger partial charge in [0.05, 0.1) is 23.6 Å². The summed E-state index contributed by atoms with van der Waals surface area (Å²) < 4.78 is 17.8. The number of amides is 1. The number of hydrogen-bond donors (Lipinski definition) is 0. The fourth-order valence-corrected chi connectivity index (χ4v) is 4.81. The molecule has 2 heterocycles. The van der Waals surface area contributed by atoms with E-state index in [2.05, 4.69) is 13.5 Å². The van der Waals surface area contributed by atoms with E-state index in [1.165, 1.54) is 0 Å². The van der Waals surface area contributed by atoms with E-state index in [4.69, 9.17) is 13.9 Å². The first-order valence-corrected chi connectivity index (χ1v) is 12.3. The van der Waals surface area contributed by atoms with Crippen LogP contribution in [0.4, 0.5) is 0 Å². The molecule has 35 heavy (non-hydrogen) atoms. The lowest BCUT2D eigenvalue weighted by atomic mass is 9.97. The van der Waals surface area contributed by atoms with Gasteiger partial charge in [0.15, 0.2) is 16.9 Å². The maximum absolute atomic E-state index is 13.8. The number of unbranched alkanes of at least 4 members (excludes halogenated alkanes) is 2. The Morgan fingerprint density at radius 2 is 1.86 bits per heavy atom. The average molecular weight is 476 g/mol. The first-order valence-electron chi connectivity index (χ1n) is 12.3. The minimum atomic E-state index is -0.552. The number of benzene rings is 2. The summed E-state index contributed by atoms with van der Waals surface area (Å²) in [6.45, 7) is 12.9. The summed E-state index contributed by atoms with van der Waals surface area (Å²) in [6, 6.07) is 8.84. The summed E-state index contributed by atoms with van der Waals surface area (Å²) in [4.78, 5) is 29.2. The third kappa shape index (κ3) is 4.57. The number of aryl methyl sites for hydroxylation is 2. The number of ether oxygens (including phenoxy) is 2. The van der Waals surface area contributed by atoms with E-state index < -0.39 is 6.04 Å². The van der Waals surface area contributed by atoms with Gasteiger partial charge in [0.1, 0.15) is 12.2 Å². The zero-order valence-electron chi connectivity index (χ0n) is 21.0. The van der Waals surface area contributed by atoms with Crippen molar-refractivity contribution in [2.24, 2.45) is 0 Å². The molecule has 1 aromatic heterocycles. The summed E-state index contributed by atoms with van der Waals surface area (Å²) in [5, 5.41) is 0.505. The Morgan fingerprint density at radius 3 is 2.57 bits per heavy atom. The van der Waals surface area contributed by atoms with E-state index in [1.807, 2.05) is 51.1 Å². The molecule has 0 aliphatic carbocycles. The summed E-state index contributed by atoms with van der Waals surface area (Å²) >= 11 is 0. The van der Waals surface area contributed by atoms with Crippen LogP contribution in [0.2, 0.25) is 0 Å². The van der Waals surface area contributed by atoms with Crippen molar-refractivity contribution < 1.29 is 18.7 Å². The molecule has 1 aliphatic rings. The fraction of sp³-hybridized carbons (Fsp3) is 0.379. The Bertz CT molecular complexity index is 1320. The third-order valence-electron chi connectivity index (χ3n) is 6.34. The maximum atomic E-state index is 13.8. The van der Waals surface area contributed by atoms with Gasteiger partial charge in [0, 0.05) is 6.54 Å². The van der Waals surface area contributed by atoms with Crippen molar-refractivity contribution in [3.63, 3.8) is 0 Å². The molecular weight excluding hydrogens is 442 g/mol. The molecule has 0 saturated carbocycles. The molecule has 0 spiro atoms. The highest BCUT2D eigenvalue weighted by Crippen LogP contribution is 2.41. The SMILES string of the molecule is C=CCOc1ccc(C2c3c(oc4c(C)cc(C)cc4c3=O)C(=O)N2CCCCC)cc1OCC. The highest BCUT2D eigenvalue weighted by atomic mass is 16.5. The maximum Gasteiger partial charge on any atom is 0.290 e. The summed E-state index contributed by atoms with van der Waals surface area (Å²) in [5.74, 6) is 1.05. The Morgan fingerprint density at radius 1 is 1.06 bits per heavy atom. The van der Waals surface area contributed by atoms with Gasteiger partial charge >= 0.3 is 0 Å². The van der Waals surface area contributed by atoms with Crippen LogP contribution in [0.15, 0.2) is 52.2 Å². The zero-order chi connectivity index (χ0) is 25.1. The molecular formula is C29H33NO5. The van der Waals surface area contributed by atoms with Gasteiger partial charge < -0.3 is 18.8 Å². The molecule has 6 nitrogen and oxygen atoms in total. The lowest BCUT2D eigenvalue weighted by Gasteiger charge is -2.26. The van der Waals surface area contributed by atoms with Crippen molar-refractivity contribution in [2.75, 3.05) is 19.8 Å². The first-order chi connectivity index (χ1) is 16.9. The minimum Gasteiger partial charge on any atom is -0.490 e. The van der Waals surface area contributed by atoms with Crippen molar-refractivity contribution in [2.45, 2.75) is 53.0 Å². The van der Waals surface area contributed by atoms with Crippen molar-refractivity contribution >= 4 is 16.9 Å². The summed E-state index contributed by atoms with van der Waals surface area (Å²) in [6.07, 6.45) is 4.54. The standard InChI is InChI=1S/C29H33NO5/c1-6-9-10-13-30-25(20-11-12-22(34-14-7-2)23(17-20)33-8-3)24-26(31)21-16-18(4)15-19(5)27(21)35-28(24)29(30)32/h7,11-12,15-17,25H,2,6,8-10,13-14H2,1,3-5H3. The number of rotatable bonds is 10. The molecule has 1 unspecified atom stereocenters. The van der Waals surface area contributed by atoms with Gasteiger partial charge in [-0.3, -0.25) is 9.59 Å². The van der Waals surface area contributed by atoms with E-state index in [-0.39, 0.29) is 17.1 Å². The molecule has 0 bridgehead atoms. The molecule has 184 valence electrons. The van der Waals surface area contributed by atoms with Gasteiger partial charge in [-0.05, 0) is 62.1 Å². The normalized spacial score (nSPS) is 14.9. The zero-order valence-corrected chi connectivity index (χ0v) is 21.0. The second-order valence-corrected chi connectivity index (χ2v) is 8.98. The molecule has 6 heteroatoms. The van der Waals surface area contributed by atoms with Crippen LogP contribution in [0.25, 0.3) is 11.0 Å². The van der Waals surface area contributed by atoms with Crippen molar-refractivity contribution in [1.29, 1.82) is 0 Å². The largest absolute Gasteiger partial charge is 0.490 e. The van der Waals surface area contributed by atoms with Crippen LogP contribution >= 0.6 is 0 Å². The van der Waals surface area contributed by atoms with Crippen LogP contribution in [0.5, 0.6) is 11.5 Å². The van der Waals surface area contributed by atoms with Crippen LogP contribution < -0.4 is 14.9 Å². The number of hydrogen-bond acceptors (Lipinski definition) is 5. The van der Waals surface area contributed by atoms with Gasteiger partial charge in [-0.2, -0.15) is 0 Å². The first kappa shape index (κ1) is 24.6. The molecule has 0 saturated heterocycles. The highest BCUT2D eigenvalue weighted by molar-refractivity contribution is 5.99. The third-order valence-corrected chi connectivity index (χ3v) is 6.34. The average Bonchev–Trinajstić information content (AvgIpc) is 3.11. The van der Waals surface area contributed by atoms with Crippen molar-refractivity contribution in [1.82, 2.24) is 4.90 Å². The lowest BCUT2D eigenvalue weighted by molar-refractivity contribution is 0.0724. The minimum absolute atomic E-state index is 0.140. The molecule has 3 aromatic rings. The van der Waals surface area contributed by atoms with E-state index in [0.29, 0.717) is 47.8 Å². The van der Waals surface area contributed by atoms with Gasteiger partial charge in [0.2, 0.25) is 5.76 Å². The van der Waals surface area contributed by atoms with E-state index in [9.17, 15) is 9.59 Å². The summed E-state index contributed by atoms with van der Waals surface area (Å²) in [5.41, 5.74) is 3.32. The van der Waals surface area contributed by atoms with Crippen LogP contribution in [-0.2, 0) is 0 Å². The predicted octanol–water partition coefficient (Wildman–Crippen LogP) is 6.11. The van der Waals surface area contributed by atoms with Gasteiger partial charge in [-0.1, -0.05) is 44.6 Å². The van der Waals surface area contributed by atoms with Gasteiger partial charge in [-0.25, -0.2) is 0 Å². The molecule has 1 aliphatic heterocycles. The monoisotopic (exact) mass is 475 g/mol. The quantitative estimate of drug-likeness (QED) is 0.261. The van der Waals surface area contributed by atoms with Gasteiger partial charge in [0.25, 0.3) is 5.91 Å². The summed E-state index contributed by atoms with van der Waals surface area (Å²) in [7, 11) is 0. The molecule has 0 N–H and O–H groups in total. The molecule has 1 amide bonds. The number of nitrogens with zero attached hydrogens (tertiary/aromatic N) is 1. The second kappa shape index (κ2) is 10.4. The Hall–Kier alpha value is -3.54. The molecule has 1 atom stereocenters. The molecule has 0 radical (unpaired) electrons. The fourth-order valence-electron chi connectivity index (χ4n) is 4.81. The van der Waals surface area contributed by atoms with Crippen LogP contribution in [-0.4, -0.2) is 30.6 Å². The van der Waals surface area contributed by atoms with Crippen LogP contribution in [0.1, 0.15) is 72.0 Å². The van der Waals surface area contributed by atoms with Crippen LogP contribution in [0, 0.1) is 13.8 Å². The predicted molar refractivity (Wildman–Crippen MR) is 138 cm³/mol. The Balaban J connectivity index is 1.91.